The number of halogens is 1. The van der Waals surface area contributed by atoms with Crippen LogP contribution in [0.25, 0.3) is 11.8 Å². The molecule has 0 spiro atoms. The van der Waals surface area contributed by atoms with Crippen molar-refractivity contribution in [2.24, 2.45) is 0 Å². The van der Waals surface area contributed by atoms with Crippen LogP contribution in [0.4, 0.5) is 5.69 Å². The zero-order valence-electron chi connectivity index (χ0n) is 15.4. The number of fused-ring (bicyclic) bond motifs is 1. The van der Waals surface area contributed by atoms with Crippen molar-refractivity contribution in [3.05, 3.63) is 70.5 Å². The molecule has 6 nitrogen and oxygen atoms in total. The minimum absolute atomic E-state index is 0.146. The first-order chi connectivity index (χ1) is 13.5. The number of ether oxygens (including phenoxy) is 2. The zero-order chi connectivity index (χ0) is 19.7. The summed E-state index contributed by atoms with van der Waals surface area (Å²) in [5.74, 6) is 0.846. The maximum absolute atomic E-state index is 12.4. The molecule has 0 fully saturated rings. The molecule has 0 saturated heterocycles. The van der Waals surface area contributed by atoms with Crippen LogP contribution in [-0.4, -0.2) is 22.5 Å². The second kappa shape index (κ2) is 7.40. The number of aryl methyl sites for hydroxylation is 1. The quantitative estimate of drug-likeness (QED) is 0.659. The number of anilines is 1. The van der Waals surface area contributed by atoms with Gasteiger partial charge in [-0.25, -0.2) is 4.68 Å². The largest absolute Gasteiger partial charge is 0.454 e. The van der Waals surface area contributed by atoms with Crippen molar-refractivity contribution in [3.63, 3.8) is 0 Å². The van der Waals surface area contributed by atoms with E-state index in [-0.39, 0.29) is 12.7 Å². The van der Waals surface area contributed by atoms with Crippen LogP contribution in [0.3, 0.4) is 0 Å². The molecule has 0 bridgehead atoms. The van der Waals surface area contributed by atoms with E-state index in [2.05, 4.69) is 10.4 Å². The van der Waals surface area contributed by atoms with Crippen LogP contribution in [0.2, 0.25) is 5.02 Å². The molecule has 0 atom stereocenters. The van der Waals surface area contributed by atoms with Crippen molar-refractivity contribution in [3.8, 4) is 17.2 Å². The molecule has 142 valence electrons. The van der Waals surface area contributed by atoms with Crippen molar-refractivity contribution in [2.45, 2.75) is 13.8 Å². The fourth-order valence-corrected chi connectivity index (χ4v) is 3.34. The van der Waals surface area contributed by atoms with Gasteiger partial charge >= 0.3 is 0 Å². The Kier molecular flexibility index (Phi) is 4.79. The lowest BCUT2D eigenvalue weighted by atomic mass is 10.2. The van der Waals surface area contributed by atoms with E-state index in [1.165, 1.54) is 6.08 Å². The second-order valence-electron chi connectivity index (χ2n) is 6.35. The predicted molar refractivity (Wildman–Crippen MR) is 108 cm³/mol. The normalized spacial score (nSPS) is 12.5. The topological polar surface area (TPSA) is 65.4 Å². The lowest BCUT2D eigenvalue weighted by Crippen LogP contribution is -2.09. The first kappa shape index (κ1) is 18.1. The number of hydrogen-bond acceptors (Lipinski definition) is 4. The number of aromatic nitrogens is 2. The maximum Gasteiger partial charge on any atom is 0.248 e. The van der Waals surface area contributed by atoms with Gasteiger partial charge in [-0.1, -0.05) is 29.8 Å². The van der Waals surface area contributed by atoms with E-state index < -0.39 is 0 Å². The van der Waals surface area contributed by atoms with Crippen molar-refractivity contribution in [1.82, 2.24) is 9.78 Å². The Bertz CT molecular complexity index is 1070. The van der Waals surface area contributed by atoms with Gasteiger partial charge in [-0.2, -0.15) is 5.10 Å². The van der Waals surface area contributed by atoms with Gasteiger partial charge in [0.1, 0.15) is 0 Å². The molecule has 1 aliphatic rings. The third-order valence-electron chi connectivity index (χ3n) is 4.42. The number of carbonyl (C=O) groups is 1. The molecule has 2 aromatic carbocycles. The maximum atomic E-state index is 12.4. The van der Waals surface area contributed by atoms with Crippen LogP contribution in [0.15, 0.2) is 48.5 Å². The summed E-state index contributed by atoms with van der Waals surface area (Å²) >= 11 is 6.17. The summed E-state index contributed by atoms with van der Waals surface area (Å²) in [6.45, 7) is 3.93. The Labute approximate surface area is 167 Å². The molecule has 1 aromatic heterocycles. The molecule has 28 heavy (non-hydrogen) atoms. The van der Waals surface area contributed by atoms with E-state index >= 15 is 0 Å². The van der Waals surface area contributed by atoms with Gasteiger partial charge in [0.2, 0.25) is 12.7 Å². The summed E-state index contributed by atoms with van der Waals surface area (Å²) in [4.78, 5) is 12.4. The van der Waals surface area contributed by atoms with Crippen LogP contribution >= 0.6 is 11.6 Å². The predicted octanol–water partition coefficient (Wildman–Crippen LogP) is 4.52. The van der Waals surface area contributed by atoms with Crippen molar-refractivity contribution >= 4 is 29.3 Å². The molecule has 2 heterocycles. The standard InChI is InChI=1S/C21H18ClN3O3/c1-13-20(14(2)25(24-13)16-6-4-3-5-7-16)23-19(26)9-8-15-10-17(22)21-18(11-15)27-12-28-21/h3-11H,12H2,1-2H3,(H,23,26)/b9-8+. The van der Waals surface area contributed by atoms with Crippen molar-refractivity contribution in [2.75, 3.05) is 12.1 Å². The Morgan fingerprint density at radius 2 is 2.00 bits per heavy atom. The number of nitrogens with one attached hydrogen (secondary N) is 1. The molecule has 1 aliphatic heterocycles. The molecule has 1 N–H and O–H groups in total. The van der Waals surface area contributed by atoms with E-state index in [1.807, 2.05) is 48.9 Å². The highest BCUT2D eigenvalue weighted by atomic mass is 35.5. The number of para-hydroxylation sites is 1. The molecule has 4 rings (SSSR count). The number of amides is 1. The van der Waals surface area contributed by atoms with E-state index in [0.29, 0.717) is 22.2 Å². The van der Waals surface area contributed by atoms with Crippen LogP contribution in [-0.2, 0) is 4.79 Å². The molecule has 3 aromatic rings. The van der Waals surface area contributed by atoms with Crippen molar-refractivity contribution < 1.29 is 14.3 Å². The molecule has 0 radical (unpaired) electrons. The first-order valence-corrected chi connectivity index (χ1v) is 9.10. The summed E-state index contributed by atoms with van der Waals surface area (Å²) in [7, 11) is 0. The van der Waals surface area contributed by atoms with Gasteiger partial charge < -0.3 is 14.8 Å². The smallest absolute Gasteiger partial charge is 0.248 e. The van der Waals surface area contributed by atoms with Crippen LogP contribution in [0, 0.1) is 13.8 Å². The average Bonchev–Trinajstić information content (AvgIpc) is 3.27. The van der Waals surface area contributed by atoms with E-state index in [9.17, 15) is 4.79 Å². The molecule has 0 aliphatic carbocycles. The third-order valence-corrected chi connectivity index (χ3v) is 4.70. The molecular formula is C21H18ClN3O3. The Morgan fingerprint density at radius 1 is 1.21 bits per heavy atom. The zero-order valence-corrected chi connectivity index (χ0v) is 16.2. The molecule has 7 heteroatoms. The summed E-state index contributed by atoms with van der Waals surface area (Å²) in [5.41, 5.74) is 3.99. The van der Waals surface area contributed by atoms with Crippen molar-refractivity contribution in [1.29, 1.82) is 0 Å². The Balaban J connectivity index is 1.52. The fraction of sp³-hybridized carbons (Fsp3) is 0.143. The van der Waals surface area contributed by atoms with Gasteiger partial charge in [-0.05, 0) is 49.8 Å². The van der Waals surface area contributed by atoms with Gasteiger partial charge in [-0.3, -0.25) is 4.79 Å². The molecule has 0 saturated carbocycles. The second-order valence-corrected chi connectivity index (χ2v) is 6.76. The van der Waals surface area contributed by atoms with Crippen LogP contribution in [0.1, 0.15) is 17.0 Å². The summed E-state index contributed by atoms with van der Waals surface area (Å²) in [6.07, 6.45) is 3.13. The minimum atomic E-state index is -0.257. The summed E-state index contributed by atoms with van der Waals surface area (Å²) in [6, 6.07) is 13.3. The van der Waals surface area contributed by atoms with E-state index in [4.69, 9.17) is 21.1 Å². The van der Waals surface area contributed by atoms with Gasteiger partial charge in [0.05, 0.1) is 27.8 Å². The van der Waals surface area contributed by atoms with Gasteiger partial charge in [-0.15, -0.1) is 0 Å². The number of rotatable bonds is 4. The van der Waals surface area contributed by atoms with Crippen LogP contribution in [0.5, 0.6) is 11.5 Å². The highest BCUT2D eigenvalue weighted by molar-refractivity contribution is 6.32. The van der Waals surface area contributed by atoms with E-state index in [1.54, 1.807) is 18.2 Å². The van der Waals surface area contributed by atoms with Gasteiger partial charge in [0, 0.05) is 6.08 Å². The molecular weight excluding hydrogens is 378 g/mol. The lowest BCUT2D eigenvalue weighted by molar-refractivity contribution is -0.111. The number of benzene rings is 2. The summed E-state index contributed by atoms with van der Waals surface area (Å²) < 4.78 is 12.4. The first-order valence-electron chi connectivity index (χ1n) is 8.73. The monoisotopic (exact) mass is 395 g/mol. The molecule has 1 amide bonds. The lowest BCUT2D eigenvalue weighted by Gasteiger charge is -2.05. The van der Waals surface area contributed by atoms with Gasteiger partial charge in [0.25, 0.3) is 0 Å². The highest BCUT2D eigenvalue weighted by Crippen LogP contribution is 2.40. The fourth-order valence-electron chi connectivity index (χ4n) is 3.06. The molecule has 0 unspecified atom stereocenters. The number of carbonyl (C=O) groups excluding carboxylic acids is 1. The minimum Gasteiger partial charge on any atom is -0.454 e. The SMILES string of the molecule is Cc1nn(-c2ccccc2)c(C)c1NC(=O)/C=C/c1cc(Cl)c2c(c1)OCO2. The highest BCUT2D eigenvalue weighted by Gasteiger charge is 2.18. The summed E-state index contributed by atoms with van der Waals surface area (Å²) in [5, 5.41) is 7.89. The number of hydrogen-bond donors (Lipinski definition) is 1. The van der Waals surface area contributed by atoms with Gasteiger partial charge in [0.15, 0.2) is 11.5 Å². The third kappa shape index (κ3) is 3.46. The Morgan fingerprint density at radius 3 is 2.79 bits per heavy atom. The van der Waals surface area contributed by atoms with Crippen LogP contribution < -0.4 is 14.8 Å². The Hall–Kier alpha value is -3.25. The average molecular weight is 396 g/mol. The number of nitrogens with zero attached hydrogens (tertiary/aromatic N) is 2. The van der Waals surface area contributed by atoms with E-state index in [0.717, 1.165) is 22.6 Å².